The van der Waals surface area contributed by atoms with Crippen molar-refractivity contribution in [3.8, 4) is 0 Å². The molecule has 0 spiro atoms. The predicted molar refractivity (Wildman–Crippen MR) is 82.7 cm³/mol. The van der Waals surface area contributed by atoms with Crippen LogP contribution in [0.1, 0.15) is 44.5 Å². The van der Waals surface area contributed by atoms with Crippen LogP contribution in [0.15, 0.2) is 4.47 Å². The SMILES string of the molecule is CCc1nn(CC)c(CC(CCCCN)C(=O)O)c1Br. The van der Waals surface area contributed by atoms with E-state index in [0.717, 1.165) is 41.7 Å². The standard InChI is InChI=1S/C14H24BrN3O2/c1-3-11-13(15)12(18(4-2)17-11)9-10(14(19)20)7-5-6-8-16/h10H,3-9,16H2,1-2H3,(H,19,20). The number of hydrogen-bond acceptors (Lipinski definition) is 3. The van der Waals surface area contributed by atoms with Crippen LogP contribution in [0.3, 0.4) is 0 Å². The van der Waals surface area contributed by atoms with Gasteiger partial charge in [-0.05, 0) is 48.7 Å². The third kappa shape index (κ3) is 4.31. The van der Waals surface area contributed by atoms with Crippen molar-refractivity contribution in [1.82, 2.24) is 9.78 Å². The van der Waals surface area contributed by atoms with Crippen molar-refractivity contribution in [1.29, 1.82) is 0 Å². The van der Waals surface area contributed by atoms with Crippen molar-refractivity contribution in [3.63, 3.8) is 0 Å². The average Bonchev–Trinajstić information content (AvgIpc) is 2.73. The molecule has 6 heteroatoms. The molecular weight excluding hydrogens is 322 g/mol. The number of rotatable bonds is 9. The molecule has 0 aromatic carbocycles. The van der Waals surface area contributed by atoms with E-state index in [1.807, 2.05) is 18.5 Å². The molecule has 0 fully saturated rings. The van der Waals surface area contributed by atoms with Crippen LogP contribution in [0, 0.1) is 5.92 Å². The van der Waals surface area contributed by atoms with Crippen LogP contribution < -0.4 is 5.73 Å². The van der Waals surface area contributed by atoms with Gasteiger partial charge < -0.3 is 10.8 Å². The Kier molecular flexibility index (Phi) is 7.23. The summed E-state index contributed by atoms with van der Waals surface area (Å²) >= 11 is 3.57. The van der Waals surface area contributed by atoms with Crippen LogP contribution in [0.2, 0.25) is 0 Å². The highest BCUT2D eigenvalue weighted by Gasteiger charge is 2.23. The van der Waals surface area contributed by atoms with Crippen LogP contribution in [-0.2, 0) is 24.2 Å². The van der Waals surface area contributed by atoms with Gasteiger partial charge in [0.1, 0.15) is 0 Å². The summed E-state index contributed by atoms with van der Waals surface area (Å²) in [6.45, 7) is 5.44. The topological polar surface area (TPSA) is 81.1 Å². The van der Waals surface area contributed by atoms with Crippen LogP contribution in [-0.4, -0.2) is 27.4 Å². The van der Waals surface area contributed by atoms with E-state index in [9.17, 15) is 9.90 Å². The maximum absolute atomic E-state index is 11.4. The van der Waals surface area contributed by atoms with E-state index in [1.54, 1.807) is 0 Å². The first kappa shape index (κ1) is 17.2. The third-order valence-corrected chi connectivity index (χ3v) is 4.41. The molecule has 0 aliphatic heterocycles. The van der Waals surface area contributed by atoms with Gasteiger partial charge in [-0.2, -0.15) is 5.10 Å². The first-order valence-corrected chi connectivity index (χ1v) is 8.01. The van der Waals surface area contributed by atoms with Crippen molar-refractivity contribution < 1.29 is 9.90 Å². The molecule has 0 bridgehead atoms. The summed E-state index contributed by atoms with van der Waals surface area (Å²) in [6, 6.07) is 0. The monoisotopic (exact) mass is 345 g/mol. The molecule has 0 saturated carbocycles. The van der Waals surface area contributed by atoms with Crippen molar-refractivity contribution >= 4 is 21.9 Å². The summed E-state index contributed by atoms with van der Waals surface area (Å²) in [6.07, 6.45) is 3.74. The Bertz CT molecular complexity index is 446. The Labute approximate surface area is 128 Å². The van der Waals surface area contributed by atoms with E-state index < -0.39 is 5.97 Å². The minimum absolute atomic E-state index is 0.371. The lowest BCUT2D eigenvalue weighted by Gasteiger charge is -2.13. The fourth-order valence-corrected chi connectivity index (χ4v) is 3.02. The van der Waals surface area contributed by atoms with E-state index in [-0.39, 0.29) is 5.92 Å². The number of nitrogens with zero attached hydrogens (tertiary/aromatic N) is 2. The lowest BCUT2D eigenvalue weighted by atomic mass is 9.96. The van der Waals surface area contributed by atoms with E-state index in [1.165, 1.54) is 0 Å². The summed E-state index contributed by atoms with van der Waals surface area (Å²) in [7, 11) is 0. The molecule has 114 valence electrons. The summed E-state index contributed by atoms with van der Waals surface area (Å²) in [5.74, 6) is -1.11. The van der Waals surface area contributed by atoms with Gasteiger partial charge in [0.05, 0.1) is 21.8 Å². The first-order chi connectivity index (χ1) is 9.54. The fourth-order valence-electron chi connectivity index (χ4n) is 2.29. The van der Waals surface area contributed by atoms with Gasteiger partial charge in [-0.25, -0.2) is 0 Å². The lowest BCUT2D eigenvalue weighted by Crippen LogP contribution is -2.19. The zero-order valence-corrected chi connectivity index (χ0v) is 13.8. The second-order valence-corrected chi connectivity index (χ2v) is 5.69. The summed E-state index contributed by atoms with van der Waals surface area (Å²) in [5, 5.41) is 13.9. The highest BCUT2D eigenvalue weighted by Crippen LogP contribution is 2.26. The fraction of sp³-hybridized carbons (Fsp3) is 0.714. The molecule has 3 N–H and O–H groups in total. The number of carboxylic acids is 1. The smallest absolute Gasteiger partial charge is 0.306 e. The number of unbranched alkanes of at least 4 members (excludes halogenated alkanes) is 1. The highest BCUT2D eigenvalue weighted by molar-refractivity contribution is 9.10. The molecule has 1 atom stereocenters. The Morgan fingerprint density at radius 3 is 2.65 bits per heavy atom. The Balaban J connectivity index is 2.87. The molecule has 0 aliphatic rings. The number of carboxylic acid groups (broad SMARTS) is 1. The number of aromatic nitrogens is 2. The van der Waals surface area contributed by atoms with Gasteiger partial charge in [-0.3, -0.25) is 9.48 Å². The van der Waals surface area contributed by atoms with E-state index >= 15 is 0 Å². The van der Waals surface area contributed by atoms with Gasteiger partial charge in [-0.1, -0.05) is 13.3 Å². The molecule has 1 unspecified atom stereocenters. The lowest BCUT2D eigenvalue weighted by molar-refractivity contribution is -0.142. The minimum atomic E-state index is -0.740. The molecule has 0 amide bonds. The largest absolute Gasteiger partial charge is 0.481 e. The van der Waals surface area contributed by atoms with Gasteiger partial charge in [0, 0.05) is 13.0 Å². The summed E-state index contributed by atoms with van der Waals surface area (Å²) < 4.78 is 2.87. The summed E-state index contributed by atoms with van der Waals surface area (Å²) in [5.41, 5.74) is 7.45. The first-order valence-electron chi connectivity index (χ1n) is 7.21. The van der Waals surface area contributed by atoms with Crippen LogP contribution >= 0.6 is 15.9 Å². The van der Waals surface area contributed by atoms with Gasteiger partial charge in [0.15, 0.2) is 0 Å². The average molecular weight is 346 g/mol. The number of nitrogens with two attached hydrogens (primary N) is 1. The van der Waals surface area contributed by atoms with Gasteiger partial charge in [0.25, 0.3) is 0 Å². The Hall–Kier alpha value is -0.880. The van der Waals surface area contributed by atoms with Crippen LogP contribution in [0.5, 0.6) is 0 Å². The molecule has 0 radical (unpaired) electrons. The molecule has 5 nitrogen and oxygen atoms in total. The molecular formula is C14H24BrN3O2. The van der Waals surface area contributed by atoms with Crippen molar-refractivity contribution in [3.05, 3.63) is 15.9 Å². The molecule has 1 aromatic heterocycles. The van der Waals surface area contributed by atoms with E-state index in [2.05, 4.69) is 21.0 Å². The number of hydrogen-bond donors (Lipinski definition) is 2. The molecule has 1 aromatic rings. The maximum atomic E-state index is 11.4. The van der Waals surface area contributed by atoms with Crippen molar-refractivity contribution in [2.45, 2.75) is 52.5 Å². The molecule has 1 heterocycles. The van der Waals surface area contributed by atoms with Gasteiger partial charge in [0.2, 0.25) is 0 Å². The zero-order chi connectivity index (χ0) is 15.1. The van der Waals surface area contributed by atoms with Gasteiger partial charge in [-0.15, -0.1) is 0 Å². The number of halogens is 1. The number of aliphatic carboxylic acids is 1. The zero-order valence-electron chi connectivity index (χ0n) is 12.2. The van der Waals surface area contributed by atoms with Crippen LogP contribution in [0.25, 0.3) is 0 Å². The molecule has 20 heavy (non-hydrogen) atoms. The highest BCUT2D eigenvalue weighted by atomic mass is 79.9. The van der Waals surface area contributed by atoms with E-state index in [4.69, 9.17) is 5.73 Å². The normalized spacial score (nSPS) is 12.6. The summed E-state index contributed by atoms with van der Waals surface area (Å²) in [4.78, 5) is 11.4. The minimum Gasteiger partial charge on any atom is -0.481 e. The molecule has 1 rings (SSSR count). The second-order valence-electron chi connectivity index (χ2n) is 4.90. The quantitative estimate of drug-likeness (QED) is 0.674. The Morgan fingerprint density at radius 1 is 1.45 bits per heavy atom. The third-order valence-electron chi connectivity index (χ3n) is 3.49. The van der Waals surface area contributed by atoms with Crippen molar-refractivity contribution in [2.24, 2.45) is 11.7 Å². The maximum Gasteiger partial charge on any atom is 0.306 e. The number of aryl methyl sites for hydroxylation is 2. The van der Waals surface area contributed by atoms with Gasteiger partial charge >= 0.3 is 5.97 Å². The molecule has 0 saturated heterocycles. The molecule has 0 aliphatic carbocycles. The Morgan fingerprint density at radius 2 is 2.15 bits per heavy atom. The second kappa shape index (κ2) is 8.42. The predicted octanol–water partition coefficient (Wildman–Crippen LogP) is 2.60. The van der Waals surface area contributed by atoms with Crippen molar-refractivity contribution in [2.75, 3.05) is 6.54 Å². The van der Waals surface area contributed by atoms with Crippen LogP contribution in [0.4, 0.5) is 0 Å². The number of carbonyl (C=O) groups is 1. The van der Waals surface area contributed by atoms with E-state index in [0.29, 0.717) is 19.4 Å².